The molecule has 0 atom stereocenters. The van der Waals surface area contributed by atoms with Crippen LogP contribution >= 0.6 is 11.8 Å². The standard InChI is InChI=1S/C7H10OS/c1-6(8)7-3-2-4-9-5-7/h5H,2-4H2,1H3. The zero-order valence-electron chi connectivity index (χ0n) is 5.52. The van der Waals surface area contributed by atoms with Crippen molar-refractivity contribution in [1.82, 2.24) is 0 Å². The molecule has 50 valence electrons. The number of carbonyl (C=O) groups excluding carboxylic acids is 1. The Kier molecular flexibility index (Phi) is 2.34. The largest absolute Gasteiger partial charge is 0.295 e. The smallest absolute Gasteiger partial charge is 0.156 e. The predicted molar refractivity (Wildman–Crippen MR) is 40.5 cm³/mol. The van der Waals surface area contributed by atoms with Crippen LogP contribution in [-0.2, 0) is 4.79 Å². The molecule has 9 heavy (non-hydrogen) atoms. The van der Waals surface area contributed by atoms with Crippen molar-refractivity contribution in [2.75, 3.05) is 5.75 Å². The van der Waals surface area contributed by atoms with E-state index in [2.05, 4.69) is 0 Å². The second-order valence-corrected chi connectivity index (χ2v) is 3.15. The van der Waals surface area contributed by atoms with Crippen molar-refractivity contribution in [1.29, 1.82) is 0 Å². The van der Waals surface area contributed by atoms with E-state index in [1.54, 1.807) is 18.7 Å². The number of hydrogen-bond acceptors (Lipinski definition) is 2. The van der Waals surface area contributed by atoms with Crippen LogP contribution in [0.2, 0.25) is 0 Å². The number of Topliss-reactive ketones (excluding diaryl/α,β-unsaturated/α-hetero) is 1. The Bertz CT molecular complexity index is 149. The Labute approximate surface area is 59.5 Å². The number of hydrogen-bond donors (Lipinski definition) is 0. The van der Waals surface area contributed by atoms with Gasteiger partial charge in [-0.2, -0.15) is 0 Å². The zero-order valence-corrected chi connectivity index (χ0v) is 6.33. The minimum absolute atomic E-state index is 0.238. The number of rotatable bonds is 1. The molecule has 0 N–H and O–H groups in total. The van der Waals surface area contributed by atoms with Crippen LogP contribution in [0.5, 0.6) is 0 Å². The second-order valence-electron chi connectivity index (χ2n) is 2.17. The molecule has 0 spiro atoms. The molecule has 0 amide bonds. The first-order chi connectivity index (χ1) is 4.30. The lowest BCUT2D eigenvalue weighted by atomic mass is 10.1. The lowest BCUT2D eigenvalue weighted by Gasteiger charge is -2.07. The molecule has 1 heterocycles. The average Bonchev–Trinajstić information content (AvgIpc) is 1.90. The summed E-state index contributed by atoms with van der Waals surface area (Å²) in [5.74, 6) is 1.42. The highest BCUT2D eigenvalue weighted by Crippen LogP contribution is 2.20. The van der Waals surface area contributed by atoms with E-state index < -0.39 is 0 Å². The summed E-state index contributed by atoms with van der Waals surface area (Å²) in [7, 11) is 0. The Hall–Kier alpha value is -0.240. The van der Waals surface area contributed by atoms with Gasteiger partial charge in [0.15, 0.2) is 5.78 Å². The maximum Gasteiger partial charge on any atom is 0.156 e. The quantitative estimate of drug-likeness (QED) is 0.557. The van der Waals surface area contributed by atoms with Crippen molar-refractivity contribution >= 4 is 17.5 Å². The molecule has 0 saturated carbocycles. The first-order valence-electron chi connectivity index (χ1n) is 3.12. The molecule has 0 aliphatic carbocycles. The van der Waals surface area contributed by atoms with Gasteiger partial charge in [0, 0.05) is 5.57 Å². The molecule has 0 radical (unpaired) electrons. The van der Waals surface area contributed by atoms with E-state index in [9.17, 15) is 4.79 Å². The van der Waals surface area contributed by atoms with E-state index in [4.69, 9.17) is 0 Å². The van der Waals surface area contributed by atoms with Gasteiger partial charge in [0.25, 0.3) is 0 Å². The van der Waals surface area contributed by atoms with Crippen LogP contribution in [0.15, 0.2) is 11.0 Å². The molecule has 0 unspecified atom stereocenters. The van der Waals surface area contributed by atoms with Crippen molar-refractivity contribution in [3.63, 3.8) is 0 Å². The first kappa shape index (κ1) is 6.87. The molecule has 0 aromatic heterocycles. The van der Waals surface area contributed by atoms with Crippen LogP contribution in [0.25, 0.3) is 0 Å². The third-order valence-electron chi connectivity index (χ3n) is 1.39. The molecule has 1 nitrogen and oxygen atoms in total. The third-order valence-corrected chi connectivity index (χ3v) is 2.36. The van der Waals surface area contributed by atoms with Gasteiger partial charge in [0.2, 0.25) is 0 Å². The van der Waals surface area contributed by atoms with Crippen molar-refractivity contribution in [2.45, 2.75) is 19.8 Å². The second kappa shape index (κ2) is 3.06. The van der Waals surface area contributed by atoms with Gasteiger partial charge >= 0.3 is 0 Å². The van der Waals surface area contributed by atoms with E-state index in [0.717, 1.165) is 18.4 Å². The third kappa shape index (κ3) is 1.86. The first-order valence-corrected chi connectivity index (χ1v) is 4.17. The van der Waals surface area contributed by atoms with Crippen molar-refractivity contribution in [2.24, 2.45) is 0 Å². The molecule has 0 bridgehead atoms. The van der Waals surface area contributed by atoms with E-state index in [1.165, 1.54) is 5.75 Å². The van der Waals surface area contributed by atoms with Gasteiger partial charge in [-0.3, -0.25) is 4.79 Å². The monoisotopic (exact) mass is 142 g/mol. The van der Waals surface area contributed by atoms with Crippen molar-refractivity contribution in [3.8, 4) is 0 Å². The van der Waals surface area contributed by atoms with Crippen LogP contribution in [0.3, 0.4) is 0 Å². The van der Waals surface area contributed by atoms with E-state index >= 15 is 0 Å². The fourth-order valence-electron chi connectivity index (χ4n) is 0.823. The van der Waals surface area contributed by atoms with Gasteiger partial charge in [-0.1, -0.05) is 0 Å². The predicted octanol–water partition coefficient (Wildman–Crippen LogP) is 1.99. The molecule has 0 fully saturated rings. The Morgan fingerprint density at radius 2 is 2.56 bits per heavy atom. The molecule has 1 rings (SSSR count). The minimum atomic E-state index is 0.238. The summed E-state index contributed by atoms with van der Waals surface area (Å²) in [5, 5.41) is 1.99. The highest BCUT2D eigenvalue weighted by molar-refractivity contribution is 8.02. The van der Waals surface area contributed by atoms with Crippen LogP contribution in [0, 0.1) is 0 Å². The molecule has 2 heteroatoms. The van der Waals surface area contributed by atoms with Gasteiger partial charge in [-0.05, 0) is 30.9 Å². The van der Waals surface area contributed by atoms with E-state index in [1.807, 2.05) is 5.41 Å². The maximum atomic E-state index is 10.7. The van der Waals surface area contributed by atoms with Gasteiger partial charge in [0.1, 0.15) is 0 Å². The van der Waals surface area contributed by atoms with Crippen LogP contribution in [0.4, 0.5) is 0 Å². The number of allylic oxidation sites excluding steroid dienone is 1. The lowest BCUT2D eigenvalue weighted by Crippen LogP contribution is -2.00. The van der Waals surface area contributed by atoms with Crippen LogP contribution in [0.1, 0.15) is 19.8 Å². The summed E-state index contributed by atoms with van der Waals surface area (Å²) in [5.41, 5.74) is 1.01. The highest BCUT2D eigenvalue weighted by atomic mass is 32.2. The zero-order chi connectivity index (χ0) is 6.69. The molecule has 1 aliphatic heterocycles. The molecule has 0 aromatic carbocycles. The number of thioether (sulfide) groups is 1. The fraction of sp³-hybridized carbons (Fsp3) is 0.571. The lowest BCUT2D eigenvalue weighted by molar-refractivity contribution is -0.113. The van der Waals surface area contributed by atoms with Crippen molar-refractivity contribution < 1.29 is 4.79 Å². The van der Waals surface area contributed by atoms with Gasteiger partial charge in [-0.15, -0.1) is 11.8 Å². The van der Waals surface area contributed by atoms with Gasteiger partial charge in [0.05, 0.1) is 0 Å². The highest BCUT2D eigenvalue weighted by Gasteiger charge is 2.06. The minimum Gasteiger partial charge on any atom is -0.295 e. The summed E-state index contributed by atoms with van der Waals surface area (Å²) in [6, 6.07) is 0. The summed E-state index contributed by atoms with van der Waals surface area (Å²) in [4.78, 5) is 10.7. The van der Waals surface area contributed by atoms with E-state index in [-0.39, 0.29) is 5.78 Å². The molecule has 0 aromatic rings. The summed E-state index contributed by atoms with van der Waals surface area (Å²) < 4.78 is 0. The Balaban J connectivity index is 2.57. The maximum absolute atomic E-state index is 10.7. The number of ketones is 1. The van der Waals surface area contributed by atoms with Crippen LogP contribution < -0.4 is 0 Å². The molecule has 1 aliphatic rings. The fourth-order valence-corrected chi connectivity index (χ4v) is 1.74. The SMILES string of the molecule is CC(=O)C1=CSCCC1. The summed E-state index contributed by atoms with van der Waals surface area (Å²) in [6.07, 6.45) is 2.15. The molecular weight excluding hydrogens is 132 g/mol. The summed E-state index contributed by atoms with van der Waals surface area (Å²) in [6.45, 7) is 1.64. The van der Waals surface area contributed by atoms with Gasteiger partial charge in [-0.25, -0.2) is 0 Å². The molecule has 0 saturated heterocycles. The van der Waals surface area contributed by atoms with Crippen molar-refractivity contribution in [3.05, 3.63) is 11.0 Å². The Morgan fingerprint density at radius 1 is 1.78 bits per heavy atom. The van der Waals surface area contributed by atoms with E-state index in [0.29, 0.717) is 0 Å². The summed E-state index contributed by atoms with van der Waals surface area (Å²) >= 11 is 1.75. The number of carbonyl (C=O) groups is 1. The average molecular weight is 142 g/mol. The van der Waals surface area contributed by atoms with Crippen LogP contribution in [-0.4, -0.2) is 11.5 Å². The molecular formula is C7H10OS. The topological polar surface area (TPSA) is 17.1 Å². The normalized spacial score (nSPS) is 19.0. The van der Waals surface area contributed by atoms with Gasteiger partial charge < -0.3 is 0 Å². The Morgan fingerprint density at radius 3 is 2.89 bits per heavy atom.